The van der Waals surface area contributed by atoms with Crippen LogP contribution in [0.15, 0.2) is 60.8 Å². The highest BCUT2D eigenvalue weighted by molar-refractivity contribution is 5.55. The minimum Gasteiger partial charge on any atom is -0.457 e. The Morgan fingerprint density at radius 2 is 1.72 bits per heavy atom. The van der Waals surface area contributed by atoms with Crippen molar-refractivity contribution in [2.75, 3.05) is 10.6 Å². The summed E-state index contributed by atoms with van der Waals surface area (Å²) in [6.07, 6.45) is 2.63. The fourth-order valence-corrected chi connectivity index (χ4v) is 2.14. The highest BCUT2D eigenvalue weighted by Gasteiger charge is 2.04. The molecule has 0 bridgehead atoms. The Bertz CT molecular complexity index is 792. The van der Waals surface area contributed by atoms with E-state index >= 15 is 0 Å². The molecule has 3 rings (SSSR count). The van der Waals surface area contributed by atoms with Crippen molar-refractivity contribution < 1.29 is 4.74 Å². The van der Waals surface area contributed by atoms with Gasteiger partial charge in [0.15, 0.2) is 5.82 Å². The van der Waals surface area contributed by atoms with Gasteiger partial charge in [0, 0.05) is 11.7 Å². The van der Waals surface area contributed by atoms with Crippen LogP contribution in [0.2, 0.25) is 0 Å². The Balaban J connectivity index is 1.64. The van der Waals surface area contributed by atoms with E-state index in [-0.39, 0.29) is 0 Å². The maximum absolute atomic E-state index is 5.78. The lowest BCUT2D eigenvalue weighted by Gasteiger charge is -2.12. The Morgan fingerprint density at radius 1 is 1.00 bits per heavy atom. The fraction of sp³-hybridized carbons (Fsp3) is 0.211. The minimum atomic E-state index is 0.332. The zero-order valence-electron chi connectivity index (χ0n) is 14.3. The van der Waals surface area contributed by atoms with E-state index in [0.717, 1.165) is 23.6 Å². The molecular formula is C19H21N5O. The first-order chi connectivity index (χ1) is 12.2. The second-order valence-electron chi connectivity index (χ2n) is 5.68. The predicted octanol–water partition coefficient (Wildman–Crippen LogP) is 4.62. The lowest BCUT2D eigenvalue weighted by atomic mass is 10.3. The van der Waals surface area contributed by atoms with Crippen LogP contribution in [0.3, 0.4) is 0 Å². The maximum Gasteiger partial charge on any atom is 0.249 e. The first kappa shape index (κ1) is 16.7. The normalized spacial score (nSPS) is 11.6. The van der Waals surface area contributed by atoms with Gasteiger partial charge in [-0.1, -0.05) is 25.1 Å². The van der Waals surface area contributed by atoms with E-state index in [9.17, 15) is 0 Å². The van der Waals surface area contributed by atoms with Gasteiger partial charge in [0.25, 0.3) is 0 Å². The summed E-state index contributed by atoms with van der Waals surface area (Å²) in [4.78, 5) is 4.42. The molecule has 25 heavy (non-hydrogen) atoms. The lowest BCUT2D eigenvalue weighted by Crippen LogP contribution is -2.15. The van der Waals surface area contributed by atoms with Crippen LogP contribution in [0.4, 0.5) is 17.5 Å². The number of nitrogens with zero attached hydrogens (tertiary/aromatic N) is 3. The molecule has 0 aliphatic carbocycles. The maximum atomic E-state index is 5.78. The lowest BCUT2D eigenvalue weighted by molar-refractivity contribution is 0.483. The Kier molecular flexibility index (Phi) is 5.41. The molecule has 0 aliphatic heterocycles. The molecule has 128 valence electrons. The van der Waals surface area contributed by atoms with Gasteiger partial charge < -0.3 is 15.4 Å². The van der Waals surface area contributed by atoms with E-state index in [1.807, 2.05) is 54.6 Å². The Morgan fingerprint density at radius 3 is 2.44 bits per heavy atom. The van der Waals surface area contributed by atoms with Gasteiger partial charge in [0.05, 0.1) is 6.20 Å². The van der Waals surface area contributed by atoms with Gasteiger partial charge in [-0.15, -0.1) is 5.10 Å². The van der Waals surface area contributed by atoms with Gasteiger partial charge in [-0.3, -0.25) is 0 Å². The van der Waals surface area contributed by atoms with Crippen LogP contribution in [0.25, 0.3) is 0 Å². The summed E-state index contributed by atoms with van der Waals surface area (Å²) in [5.41, 5.74) is 0.864. The van der Waals surface area contributed by atoms with Crippen molar-refractivity contribution in [3.8, 4) is 11.5 Å². The second-order valence-corrected chi connectivity index (χ2v) is 5.68. The Labute approximate surface area is 147 Å². The Hall–Kier alpha value is -3.15. The summed E-state index contributed by atoms with van der Waals surface area (Å²) < 4.78 is 5.78. The number of nitrogens with one attached hydrogen (secondary N) is 2. The average molecular weight is 335 g/mol. The molecular weight excluding hydrogens is 314 g/mol. The van der Waals surface area contributed by atoms with Gasteiger partial charge in [0.2, 0.25) is 5.95 Å². The summed E-state index contributed by atoms with van der Waals surface area (Å²) in [5, 5.41) is 14.4. The summed E-state index contributed by atoms with van der Waals surface area (Å²) in [6.45, 7) is 4.21. The smallest absolute Gasteiger partial charge is 0.249 e. The molecule has 0 aliphatic rings. The number of aromatic nitrogens is 3. The quantitative estimate of drug-likeness (QED) is 0.656. The predicted molar refractivity (Wildman–Crippen MR) is 99.4 cm³/mol. The zero-order valence-corrected chi connectivity index (χ0v) is 14.3. The number of ether oxygens (including phenoxy) is 1. The first-order valence-corrected chi connectivity index (χ1v) is 8.29. The standard InChI is InChI=1S/C19H21N5O/c1-3-14(2)21-18-13-20-24-19(23-18)22-15-9-11-17(12-10-15)25-16-7-5-4-6-8-16/h4-14H,3H2,1-2H3,(H2,21,22,23,24). The summed E-state index contributed by atoms with van der Waals surface area (Å²) in [6, 6.07) is 17.6. The van der Waals surface area contributed by atoms with Crippen molar-refractivity contribution in [3.05, 3.63) is 60.8 Å². The van der Waals surface area contributed by atoms with Crippen LogP contribution in [0.1, 0.15) is 20.3 Å². The monoisotopic (exact) mass is 335 g/mol. The molecule has 1 aromatic heterocycles. The molecule has 0 saturated carbocycles. The third kappa shape index (κ3) is 4.91. The largest absolute Gasteiger partial charge is 0.457 e. The molecule has 0 amide bonds. The fourth-order valence-electron chi connectivity index (χ4n) is 2.14. The van der Waals surface area contributed by atoms with Crippen molar-refractivity contribution in [1.82, 2.24) is 15.2 Å². The topological polar surface area (TPSA) is 72.0 Å². The second kappa shape index (κ2) is 8.10. The van der Waals surface area contributed by atoms with Crippen molar-refractivity contribution in [1.29, 1.82) is 0 Å². The molecule has 1 atom stereocenters. The van der Waals surface area contributed by atoms with Crippen LogP contribution in [-0.2, 0) is 0 Å². The highest BCUT2D eigenvalue weighted by Crippen LogP contribution is 2.23. The molecule has 1 unspecified atom stereocenters. The SMILES string of the molecule is CCC(C)Nc1cnnc(Nc2ccc(Oc3ccccc3)cc2)n1. The van der Waals surface area contributed by atoms with Gasteiger partial charge >= 0.3 is 0 Å². The molecule has 6 heteroatoms. The van der Waals surface area contributed by atoms with Crippen molar-refractivity contribution in [2.45, 2.75) is 26.3 Å². The minimum absolute atomic E-state index is 0.332. The van der Waals surface area contributed by atoms with Crippen LogP contribution in [0, 0.1) is 0 Å². The van der Waals surface area contributed by atoms with Gasteiger partial charge in [-0.25, -0.2) is 0 Å². The number of hydrogen-bond acceptors (Lipinski definition) is 6. The van der Waals surface area contributed by atoms with E-state index in [1.165, 1.54) is 0 Å². The number of rotatable bonds is 7. The average Bonchev–Trinajstić information content (AvgIpc) is 2.64. The van der Waals surface area contributed by atoms with Crippen LogP contribution >= 0.6 is 0 Å². The molecule has 0 radical (unpaired) electrons. The zero-order chi connectivity index (χ0) is 17.5. The van der Waals surface area contributed by atoms with Gasteiger partial charge in [-0.05, 0) is 49.7 Å². The molecule has 1 heterocycles. The van der Waals surface area contributed by atoms with Crippen LogP contribution in [-0.4, -0.2) is 21.2 Å². The summed E-state index contributed by atoms with van der Waals surface area (Å²) in [5.74, 6) is 2.73. The number of anilines is 3. The van der Waals surface area contributed by atoms with Gasteiger partial charge in [0.1, 0.15) is 11.5 Å². The van der Waals surface area contributed by atoms with Crippen molar-refractivity contribution >= 4 is 17.5 Å². The van der Waals surface area contributed by atoms with E-state index in [1.54, 1.807) is 6.20 Å². The van der Waals surface area contributed by atoms with E-state index in [4.69, 9.17) is 4.74 Å². The number of benzene rings is 2. The molecule has 6 nitrogen and oxygen atoms in total. The third-order valence-corrected chi connectivity index (χ3v) is 3.65. The van der Waals surface area contributed by atoms with Crippen molar-refractivity contribution in [3.63, 3.8) is 0 Å². The van der Waals surface area contributed by atoms with Gasteiger partial charge in [-0.2, -0.15) is 10.1 Å². The third-order valence-electron chi connectivity index (χ3n) is 3.65. The molecule has 3 aromatic rings. The molecule has 2 N–H and O–H groups in total. The molecule has 2 aromatic carbocycles. The summed E-state index contributed by atoms with van der Waals surface area (Å²) >= 11 is 0. The van der Waals surface area contributed by atoms with Crippen LogP contribution in [0.5, 0.6) is 11.5 Å². The van der Waals surface area contributed by atoms with E-state index < -0.39 is 0 Å². The molecule has 0 saturated heterocycles. The molecule has 0 spiro atoms. The van der Waals surface area contributed by atoms with Crippen molar-refractivity contribution in [2.24, 2.45) is 0 Å². The molecule has 0 fully saturated rings. The highest BCUT2D eigenvalue weighted by atomic mass is 16.5. The summed E-state index contributed by atoms with van der Waals surface area (Å²) in [7, 11) is 0. The number of hydrogen-bond donors (Lipinski definition) is 2. The van der Waals surface area contributed by atoms with Crippen LogP contribution < -0.4 is 15.4 Å². The first-order valence-electron chi connectivity index (χ1n) is 8.29. The van der Waals surface area contributed by atoms with E-state index in [0.29, 0.717) is 17.8 Å². The number of para-hydroxylation sites is 1. The van der Waals surface area contributed by atoms with E-state index in [2.05, 4.69) is 39.7 Å².